The van der Waals surface area contributed by atoms with Gasteiger partial charge < -0.3 is 15.0 Å². The van der Waals surface area contributed by atoms with E-state index in [-0.39, 0.29) is 36.1 Å². The van der Waals surface area contributed by atoms with E-state index in [1.165, 1.54) is 0 Å². The number of rotatable bonds is 3. The quantitative estimate of drug-likeness (QED) is 0.841. The van der Waals surface area contributed by atoms with Crippen LogP contribution >= 0.6 is 0 Å². The summed E-state index contributed by atoms with van der Waals surface area (Å²) in [6, 6.07) is 8.78. The Morgan fingerprint density at radius 3 is 3.08 bits per heavy atom. The van der Waals surface area contributed by atoms with Gasteiger partial charge in [-0.15, -0.1) is 0 Å². The minimum absolute atomic E-state index is 0.0258. The number of sulfone groups is 1. The second-order valence-corrected chi connectivity index (χ2v) is 8.59. The molecule has 132 valence electrons. The first-order valence-electron chi connectivity index (χ1n) is 8.23. The van der Waals surface area contributed by atoms with E-state index in [4.69, 9.17) is 4.74 Å². The monoisotopic (exact) mass is 361 g/mol. The number of carbonyl (C=O) groups excluding carboxylic acids is 1. The number of aromatic nitrogens is 1. The highest BCUT2D eigenvalue weighted by Crippen LogP contribution is 2.22. The zero-order valence-electron chi connectivity index (χ0n) is 13.6. The topological polar surface area (TPSA) is 88.6 Å². The minimum atomic E-state index is -3.09. The largest absolute Gasteiger partial charge is 0.484 e. The Kier molecular flexibility index (Phi) is 4.09. The molecule has 2 fully saturated rings. The highest BCUT2D eigenvalue weighted by atomic mass is 32.2. The second-order valence-electron chi connectivity index (χ2n) is 6.44. The number of piperazine rings is 1. The van der Waals surface area contributed by atoms with Gasteiger partial charge in [0, 0.05) is 30.7 Å². The molecule has 8 heteroatoms. The van der Waals surface area contributed by atoms with Crippen molar-refractivity contribution in [2.24, 2.45) is 0 Å². The Balaban J connectivity index is 1.44. The van der Waals surface area contributed by atoms with Gasteiger partial charge in [0.05, 0.1) is 23.1 Å². The molecule has 0 bridgehead atoms. The molecule has 0 unspecified atom stereocenters. The molecule has 0 aliphatic carbocycles. The molecule has 7 nitrogen and oxygen atoms in total. The number of nitrogens with one attached hydrogen (secondary N) is 1. The normalized spacial score (nSPS) is 24.9. The lowest BCUT2D eigenvalue weighted by Gasteiger charge is -2.37. The number of hydrogen-bond acceptors (Lipinski definition) is 6. The molecule has 2 atom stereocenters. The van der Waals surface area contributed by atoms with Crippen LogP contribution in [0.25, 0.3) is 10.9 Å². The molecule has 0 saturated carbocycles. The number of carbonyl (C=O) groups is 1. The number of benzene rings is 1. The maximum Gasteiger partial charge on any atom is 0.260 e. The van der Waals surface area contributed by atoms with Crippen LogP contribution in [0, 0.1) is 0 Å². The number of fused-ring (bicyclic) bond motifs is 2. The zero-order chi connectivity index (χ0) is 17.4. The molecule has 2 aliphatic heterocycles. The summed E-state index contributed by atoms with van der Waals surface area (Å²) in [4.78, 5) is 18.4. The number of pyridine rings is 1. The Labute approximate surface area is 145 Å². The maximum atomic E-state index is 12.6. The zero-order valence-corrected chi connectivity index (χ0v) is 14.4. The number of nitrogens with zero attached hydrogens (tertiary/aromatic N) is 2. The number of ether oxygens (including phenoxy) is 1. The summed E-state index contributed by atoms with van der Waals surface area (Å²) < 4.78 is 29.3. The molecule has 2 saturated heterocycles. The molecule has 4 rings (SSSR count). The van der Waals surface area contributed by atoms with Crippen LogP contribution in [0.1, 0.15) is 0 Å². The van der Waals surface area contributed by atoms with Gasteiger partial charge in [-0.25, -0.2) is 8.42 Å². The van der Waals surface area contributed by atoms with Crippen molar-refractivity contribution in [2.45, 2.75) is 12.1 Å². The first kappa shape index (κ1) is 16.3. The van der Waals surface area contributed by atoms with Crippen LogP contribution in [-0.4, -0.2) is 67.5 Å². The van der Waals surface area contributed by atoms with E-state index in [0.717, 1.165) is 10.9 Å². The van der Waals surface area contributed by atoms with Gasteiger partial charge in [-0.3, -0.25) is 9.78 Å². The van der Waals surface area contributed by atoms with Crippen LogP contribution in [-0.2, 0) is 14.6 Å². The van der Waals surface area contributed by atoms with E-state index in [1.54, 1.807) is 17.2 Å². The fraction of sp³-hybridized carbons (Fsp3) is 0.412. The molecule has 1 aromatic carbocycles. The van der Waals surface area contributed by atoms with Crippen LogP contribution in [0.5, 0.6) is 5.75 Å². The highest BCUT2D eigenvalue weighted by Gasteiger charge is 2.44. The predicted molar refractivity (Wildman–Crippen MR) is 93.2 cm³/mol. The molecule has 2 aromatic rings. The lowest BCUT2D eigenvalue weighted by atomic mass is 10.1. The minimum Gasteiger partial charge on any atom is -0.484 e. The second kappa shape index (κ2) is 6.27. The van der Waals surface area contributed by atoms with E-state index in [0.29, 0.717) is 18.8 Å². The van der Waals surface area contributed by atoms with Gasteiger partial charge in [0.15, 0.2) is 16.4 Å². The van der Waals surface area contributed by atoms with Gasteiger partial charge in [0.1, 0.15) is 5.75 Å². The molecule has 1 aromatic heterocycles. The molecular weight excluding hydrogens is 342 g/mol. The van der Waals surface area contributed by atoms with Gasteiger partial charge in [0.25, 0.3) is 5.91 Å². The number of hydrogen-bond donors (Lipinski definition) is 1. The average molecular weight is 361 g/mol. The van der Waals surface area contributed by atoms with Crippen molar-refractivity contribution in [3.63, 3.8) is 0 Å². The third kappa shape index (κ3) is 3.32. The van der Waals surface area contributed by atoms with Gasteiger partial charge in [-0.1, -0.05) is 6.07 Å². The van der Waals surface area contributed by atoms with Crippen LogP contribution in [0.2, 0.25) is 0 Å². The SMILES string of the molecule is O=C(COc1ccc2ncccc2c1)N1CCN[C@H]2CS(=O)(=O)C[C@H]21. The summed E-state index contributed by atoms with van der Waals surface area (Å²) in [5, 5.41) is 4.14. The van der Waals surface area contributed by atoms with Crippen molar-refractivity contribution in [3.05, 3.63) is 36.5 Å². The first-order valence-corrected chi connectivity index (χ1v) is 10.0. The van der Waals surface area contributed by atoms with Crippen molar-refractivity contribution in [1.82, 2.24) is 15.2 Å². The summed E-state index contributed by atoms with van der Waals surface area (Å²) in [7, 11) is -3.09. The molecule has 25 heavy (non-hydrogen) atoms. The van der Waals surface area contributed by atoms with Crippen molar-refractivity contribution in [3.8, 4) is 5.75 Å². The molecular formula is C17H19N3O4S. The Hall–Kier alpha value is -2.19. The molecule has 3 heterocycles. The Morgan fingerprint density at radius 2 is 2.20 bits per heavy atom. The Morgan fingerprint density at radius 1 is 1.32 bits per heavy atom. The first-order chi connectivity index (χ1) is 12.0. The summed E-state index contributed by atoms with van der Waals surface area (Å²) >= 11 is 0. The van der Waals surface area contributed by atoms with Crippen LogP contribution in [0.15, 0.2) is 36.5 Å². The summed E-state index contributed by atoms with van der Waals surface area (Å²) in [6.45, 7) is 1.000. The van der Waals surface area contributed by atoms with Gasteiger partial charge >= 0.3 is 0 Å². The van der Waals surface area contributed by atoms with E-state index in [1.807, 2.05) is 24.3 Å². The standard InChI is InChI=1S/C17H19N3O4S/c21-17(20-7-6-19-15-10-25(22,23)11-16(15)20)9-24-13-3-4-14-12(8-13)2-1-5-18-14/h1-5,8,15-16,19H,6-7,9-11H2/t15-,16+/m0/s1. The Bertz CT molecular complexity index is 915. The third-order valence-corrected chi connectivity index (χ3v) is 6.46. The summed E-state index contributed by atoms with van der Waals surface area (Å²) in [6.07, 6.45) is 1.73. The predicted octanol–water partition coefficient (Wildman–Crippen LogP) is 0.211. The molecule has 1 N–H and O–H groups in total. The summed E-state index contributed by atoms with van der Waals surface area (Å²) in [5.41, 5.74) is 0.863. The molecule has 1 amide bonds. The van der Waals surface area contributed by atoms with E-state index in [2.05, 4.69) is 10.3 Å². The van der Waals surface area contributed by atoms with E-state index < -0.39 is 9.84 Å². The van der Waals surface area contributed by atoms with Crippen LogP contribution in [0.4, 0.5) is 0 Å². The van der Waals surface area contributed by atoms with Crippen LogP contribution < -0.4 is 10.1 Å². The lowest BCUT2D eigenvalue weighted by Crippen LogP contribution is -2.59. The van der Waals surface area contributed by atoms with Gasteiger partial charge in [-0.2, -0.15) is 0 Å². The van der Waals surface area contributed by atoms with Crippen molar-refractivity contribution in [2.75, 3.05) is 31.2 Å². The number of amides is 1. The highest BCUT2D eigenvalue weighted by molar-refractivity contribution is 7.91. The van der Waals surface area contributed by atoms with Crippen molar-refractivity contribution in [1.29, 1.82) is 0 Å². The molecule has 0 spiro atoms. The van der Waals surface area contributed by atoms with Gasteiger partial charge in [-0.05, 0) is 24.3 Å². The van der Waals surface area contributed by atoms with E-state index in [9.17, 15) is 13.2 Å². The molecule has 2 aliphatic rings. The average Bonchev–Trinajstić information content (AvgIpc) is 2.93. The van der Waals surface area contributed by atoms with E-state index >= 15 is 0 Å². The van der Waals surface area contributed by atoms with Crippen LogP contribution in [0.3, 0.4) is 0 Å². The lowest BCUT2D eigenvalue weighted by molar-refractivity contribution is -0.136. The van der Waals surface area contributed by atoms with Gasteiger partial charge in [0.2, 0.25) is 0 Å². The maximum absolute atomic E-state index is 12.6. The molecule has 0 radical (unpaired) electrons. The summed E-state index contributed by atoms with van der Waals surface area (Å²) in [5.74, 6) is 0.539. The smallest absolute Gasteiger partial charge is 0.260 e. The fourth-order valence-electron chi connectivity index (χ4n) is 3.55. The van der Waals surface area contributed by atoms with Crippen molar-refractivity contribution < 1.29 is 17.9 Å². The fourth-order valence-corrected chi connectivity index (χ4v) is 5.50. The third-order valence-electron chi connectivity index (χ3n) is 4.74. The van der Waals surface area contributed by atoms with Crippen molar-refractivity contribution >= 4 is 26.6 Å².